The van der Waals surface area contributed by atoms with Gasteiger partial charge in [-0.15, -0.1) is 11.3 Å². The largest absolute Gasteiger partial charge is 0.396 e. The Labute approximate surface area is 111 Å². The number of thiophene rings is 1. The molecule has 1 aromatic heterocycles. The first-order chi connectivity index (χ1) is 8.28. The molecule has 0 radical (unpaired) electrons. The Morgan fingerprint density at radius 3 is 3.12 bits per heavy atom. The van der Waals surface area contributed by atoms with Crippen LogP contribution in [0.5, 0.6) is 0 Å². The summed E-state index contributed by atoms with van der Waals surface area (Å²) in [6.07, 6.45) is 5.95. The lowest BCUT2D eigenvalue weighted by Gasteiger charge is -2.23. The van der Waals surface area contributed by atoms with Gasteiger partial charge in [-0.2, -0.15) is 0 Å². The zero-order valence-corrected chi connectivity index (χ0v) is 11.4. The van der Waals surface area contributed by atoms with E-state index in [1.807, 2.05) is 0 Å². The maximum Gasteiger partial charge on any atom is 0.0934 e. The molecule has 0 amide bonds. The Kier molecular flexibility index (Phi) is 3.44. The molecule has 2 aliphatic carbocycles. The van der Waals surface area contributed by atoms with Crippen LogP contribution in [0.15, 0.2) is 6.07 Å². The van der Waals surface area contributed by atoms with Gasteiger partial charge in [0.15, 0.2) is 0 Å². The fraction of sp³-hybridized carbons (Fsp3) is 0.692. The van der Waals surface area contributed by atoms with Crippen LogP contribution in [0.2, 0.25) is 4.34 Å². The normalized spacial score (nSPS) is 32.0. The van der Waals surface area contributed by atoms with E-state index in [0.717, 1.165) is 17.2 Å². The van der Waals surface area contributed by atoms with Crippen molar-refractivity contribution in [2.45, 2.75) is 44.2 Å². The molecule has 94 valence electrons. The lowest BCUT2D eigenvalue weighted by atomic mass is 10.0. The predicted octanol–water partition coefficient (Wildman–Crippen LogP) is 3.14. The molecule has 3 unspecified atom stereocenters. The summed E-state index contributed by atoms with van der Waals surface area (Å²) >= 11 is 7.79. The van der Waals surface area contributed by atoms with E-state index >= 15 is 0 Å². The maximum atomic E-state index is 9.35. The fourth-order valence-electron chi connectivity index (χ4n) is 3.24. The highest BCUT2D eigenvalue weighted by Gasteiger charge is 2.32. The average molecular weight is 272 g/mol. The van der Waals surface area contributed by atoms with Crippen LogP contribution >= 0.6 is 22.9 Å². The molecule has 17 heavy (non-hydrogen) atoms. The molecular formula is C13H18ClNOS. The Balaban J connectivity index is 1.70. The second-order valence-electron chi connectivity index (χ2n) is 5.17. The molecule has 2 N–H and O–H groups in total. The summed E-state index contributed by atoms with van der Waals surface area (Å²) in [4.78, 5) is 1.45. The van der Waals surface area contributed by atoms with Gasteiger partial charge >= 0.3 is 0 Å². The van der Waals surface area contributed by atoms with E-state index in [2.05, 4.69) is 11.4 Å². The molecule has 1 heterocycles. The molecule has 0 saturated heterocycles. The molecule has 0 bridgehead atoms. The topological polar surface area (TPSA) is 32.3 Å². The second kappa shape index (κ2) is 4.88. The predicted molar refractivity (Wildman–Crippen MR) is 71.7 cm³/mol. The summed E-state index contributed by atoms with van der Waals surface area (Å²) in [6, 6.07) is 3.08. The second-order valence-corrected chi connectivity index (χ2v) is 6.94. The number of fused-ring (bicyclic) bond motifs is 1. The molecule has 0 aliphatic heterocycles. The number of rotatable bonds is 3. The van der Waals surface area contributed by atoms with Gasteiger partial charge in [0.25, 0.3) is 0 Å². The minimum atomic E-state index is 0.321. The molecule has 3 rings (SSSR count). The highest BCUT2D eigenvalue weighted by atomic mass is 35.5. The SMILES string of the molecule is OCC1CCCC1NC1CCc2sc(Cl)cc21. The Morgan fingerprint density at radius 2 is 2.29 bits per heavy atom. The Morgan fingerprint density at radius 1 is 1.41 bits per heavy atom. The number of aliphatic hydroxyl groups is 1. The fourth-order valence-corrected chi connectivity index (χ4v) is 4.59. The zero-order valence-electron chi connectivity index (χ0n) is 9.79. The molecule has 3 atom stereocenters. The van der Waals surface area contributed by atoms with Crippen molar-refractivity contribution in [3.8, 4) is 0 Å². The van der Waals surface area contributed by atoms with Crippen LogP contribution in [0.3, 0.4) is 0 Å². The van der Waals surface area contributed by atoms with E-state index in [-0.39, 0.29) is 0 Å². The van der Waals surface area contributed by atoms with Crippen LogP contribution in [0, 0.1) is 5.92 Å². The summed E-state index contributed by atoms with van der Waals surface area (Å²) in [5, 5.41) is 13.1. The average Bonchev–Trinajstić information content (AvgIpc) is 2.96. The molecule has 2 aliphatic rings. The van der Waals surface area contributed by atoms with E-state index in [9.17, 15) is 5.11 Å². The van der Waals surface area contributed by atoms with Crippen LogP contribution in [-0.4, -0.2) is 17.8 Å². The number of halogens is 1. The lowest BCUT2D eigenvalue weighted by Crippen LogP contribution is -2.36. The maximum absolute atomic E-state index is 9.35. The van der Waals surface area contributed by atoms with Gasteiger partial charge < -0.3 is 10.4 Å². The number of hydrogen-bond donors (Lipinski definition) is 2. The first kappa shape index (κ1) is 12.0. The minimum Gasteiger partial charge on any atom is -0.396 e. The molecule has 4 heteroatoms. The zero-order chi connectivity index (χ0) is 11.8. The molecule has 1 saturated carbocycles. The van der Waals surface area contributed by atoms with Crippen molar-refractivity contribution >= 4 is 22.9 Å². The highest BCUT2D eigenvalue weighted by Crippen LogP contribution is 2.40. The van der Waals surface area contributed by atoms with Crippen LogP contribution in [0.25, 0.3) is 0 Å². The Bertz CT molecular complexity index is 406. The first-order valence-electron chi connectivity index (χ1n) is 6.43. The van der Waals surface area contributed by atoms with E-state index in [1.165, 1.54) is 29.7 Å². The number of nitrogens with one attached hydrogen (secondary N) is 1. The van der Waals surface area contributed by atoms with Gasteiger partial charge in [-0.05, 0) is 43.2 Å². The van der Waals surface area contributed by atoms with Gasteiger partial charge in [0, 0.05) is 23.6 Å². The molecule has 0 spiro atoms. The van der Waals surface area contributed by atoms with Crippen molar-refractivity contribution in [3.05, 3.63) is 20.8 Å². The quantitative estimate of drug-likeness (QED) is 0.885. The summed E-state index contributed by atoms with van der Waals surface area (Å²) in [7, 11) is 0. The van der Waals surface area contributed by atoms with Crippen LogP contribution < -0.4 is 5.32 Å². The Hall–Kier alpha value is -0.0900. The standard InChI is InChI=1S/C13H18ClNOS/c14-13-6-9-11(4-5-12(9)17-13)15-10-3-1-2-8(10)7-16/h6,8,10-11,15-16H,1-5,7H2. The first-order valence-corrected chi connectivity index (χ1v) is 7.62. The minimum absolute atomic E-state index is 0.321. The van der Waals surface area contributed by atoms with Crippen LogP contribution in [0.1, 0.15) is 42.2 Å². The molecule has 1 fully saturated rings. The van der Waals surface area contributed by atoms with Crippen molar-refractivity contribution in [3.63, 3.8) is 0 Å². The third-order valence-electron chi connectivity index (χ3n) is 4.16. The van der Waals surface area contributed by atoms with Crippen molar-refractivity contribution in [1.29, 1.82) is 0 Å². The summed E-state index contributed by atoms with van der Waals surface area (Å²) in [6.45, 7) is 0.321. The number of aryl methyl sites for hydroxylation is 1. The van der Waals surface area contributed by atoms with Crippen LogP contribution in [0.4, 0.5) is 0 Å². The van der Waals surface area contributed by atoms with Gasteiger partial charge in [-0.25, -0.2) is 0 Å². The van der Waals surface area contributed by atoms with Crippen molar-refractivity contribution in [2.75, 3.05) is 6.61 Å². The monoisotopic (exact) mass is 271 g/mol. The van der Waals surface area contributed by atoms with E-state index in [4.69, 9.17) is 11.6 Å². The highest BCUT2D eigenvalue weighted by molar-refractivity contribution is 7.16. The third-order valence-corrected chi connectivity index (χ3v) is 5.50. The van der Waals surface area contributed by atoms with Gasteiger partial charge in [0.05, 0.1) is 4.34 Å². The van der Waals surface area contributed by atoms with E-state index in [0.29, 0.717) is 24.6 Å². The number of hydrogen-bond acceptors (Lipinski definition) is 3. The van der Waals surface area contributed by atoms with Gasteiger partial charge in [-0.1, -0.05) is 18.0 Å². The van der Waals surface area contributed by atoms with E-state index in [1.54, 1.807) is 11.3 Å². The molecule has 1 aromatic rings. The third kappa shape index (κ3) is 2.26. The number of aliphatic hydroxyl groups excluding tert-OH is 1. The van der Waals surface area contributed by atoms with Crippen molar-refractivity contribution in [1.82, 2.24) is 5.32 Å². The molecule has 0 aromatic carbocycles. The summed E-state index contributed by atoms with van der Waals surface area (Å²) in [5.41, 5.74) is 1.41. The van der Waals surface area contributed by atoms with Gasteiger partial charge in [0.2, 0.25) is 0 Å². The molecule has 2 nitrogen and oxygen atoms in total. The van der Waals surface area contributed by atoms with E-state index < -0.39 is 0 Å². The van der Waals surface area contributed by atoms with Gasteiger partial charge in [-0.3, -0.25) is 0 Å². The summed E-state index contributed by atoms with van der Waals surface area (Å²) in [5.74, 6) is 0.452. The van der Waals surface area contributed by atoms with Crippen molar-refractivity contribution < 1.29 is 5.11 Å². The van der Waals surface area contributed by atoms with Gasteiger partial charge in [0.1, 0.15) is 0 Å². The molecular weight excluding hydrogens is 254 g/mol. The smallest absolute Gasteiger partial charge is 0.0934 e. The lowest BCUT2D eigenvalue weighted by molar-refractivity contribution is 0.199. The summed E-state index contributed by atoms with van der Waals surface area (Å²) < 4.78 is 0.909. The van der Waals surface area contributed by atoms with Crippen molar-refractivity contribution in [2.24, 2.45) is 5.92 Å². The van der Waals surface area contributed by atoms with Crippen LogP contribution in [-0.2, 0) is 6.42 Å².